The van der Waals surface area contributed by atoms with E-state index in [-0.39, 0.29) is 10.3 Å². The molecule has 0 atom stereocenters. The molecule has 0 bridgehead atoms. The summed E-state index contributed by atoms with van der Waals surface area (Å²) in [4.78, 5) is 0. The number of rotatable bonds is 0. The highest BCUT2D eigenvalue weighted by Crippen LogP contribution is 2.57. The van der Waals surface area contributed by atoms with E-state index in [4.69, 9.17) is 0 Å². The molecule has 66 valence electrons. The summed E-state index contributed by atoms with van der Waals surface area (Å²) < 4.78 is 12.0. The summed E-state index contributed by atoms with van der Waals surface area (Å²) >= 11 is 0. The molecule has 0 radical (unpaired) electrons. The van der Waals surface area contributed by atoms with Gasteiger partial charge in [0.15, 0.2) is 0 Å². The number of hydrogen-bond donors (Lipinski definition) is 0. The Labute approximate surface area is 70.4 Å². The normalized spacial score (nSPS) is 30.2. The minimum atomic E-state index is -1.40. The van der Waals surface area contributed by atoms with E-state index in [2.05, 4.69) is 27.7 Å². The topological polar surface area (TPSA) is 17.1 Å². The third-order valence-electron chi connectivity index (χ3n) is 2.83. The molecule has 0 unspecified atom stereocenters. The summed E-state index contributed by atoms with van der Waals surface area (Å²) in [6, 6.07) is 0. The van der Waals surface area contributed by atoms with Gasteiger partial charge in [-0.05, 0) is 12.8 Å². The predicted octanol–water partition coefficient (Wildman–Crippen LogP) is 3.29. The van der Waals surface area contributed by atoms with Crippen LogP contribution in [0, 0.1) is 0 Å². The van der Waals surface area contributed by atoms with Crippen molar-refractivity contribution in [2.45, 2.75) is 57.3 Å². The Kier molecular flexibility index (Phi) is 2.22. The van der Waals surface area contributed by atoms with Gasteiger partial charge in [-0.3, -0.25) is 0 Å². The van der Waals surface area contributed by atoms with Crippen LogP contribution in [-0.4, -0.2) is 10.3 Å². The van der Waals surface area contributed by atoms with Gasteiger partial charge in [0, 0.05) is 10.3 Å². The van der Waals surface area contributed by atoms with Gasteiger partial charge in [0.25, 0.3) is 0 Å². The van der Waals surface area contributed by atoms with Gasteiger partial charge in [-0.25, -0.2) is 0 Å². The van der Waals surface area contributed by atoms with Crippen molar-refractivity contribution in [1.82, 2.24) is 0 Å². The Balaban J connectivity index is 2.85. The second-order valence-corrected chi connectivity index (χ2v) is 8.32. The first-order valence-corrected chi connectivity index (χ1v) is 5.82. The molecule has 11 heavy (non-hydrogen) atoms. The lowest BCUT2D eigenvalue weighted by Crippen LogP contribution is -2.31. The Hall–Kier alpha value is 0.230. The molecule has 0 aromatic rings. The van der Waals surface area contributed by atoms with Crippen molar-refractivity contribution in [2.24, 2.45) is 0 Å². The Morgan fingerprint density at radius 3 is 1.64 bits per heavy atom. The fraction of sp³-hybridized carbons (Fsp3) is 1.00. The average molecular weight is 174 g/mol. The maximum absolute atomic E-state index is 12.0. The number of hydrogen-bond acceptors (Lipinski definition) is 1. The second kappa shape index (κ2) is 2.62. The van der Waals surface area contributed by atoms with Crippen molar-refractivity contribution in [3.63, 3.8) is 0 Å². The maximum Gasteiger partial charge on any atom is 0.0868 e. The van der Waals surface area contributed by atoms with Gasteiger partial charge < -0.3 is 4.57 Å². The zero-order valence-electron chi connectivity index (χ0n) is 8.03. The summed E-state index contributed by atoms with van der Waals surface area (Å²) in [5, 5.41) is 0.235. The summed E-state index contributed by atoms with van der Waals surface area (Å²) in [5.41, 5.74) is 0. The highest BCUT2D eigenvalue weighted by molar-refractivity contribution is 7.48. The van der Waals surface area contributed by atoms with Crippen LogP contribution in [0.4, 0.5) is 0 Å². The highest BCUT2D eigenvalue weighted by Gasteiger charge is 2.40. The van der Waals surface area contributed by atoms with Crippen LogP contribution < -0.4 is 0 Å². The molecule has 0 aromatic carbocycles. The molecule has 1 saturated heterocycles. The van der Waals surface area contributed by atoms with Crippen molar-refractivity contribution < 1.29 is 4.57 Å². The van der Waals surface area contributed by atoms with E-state index in [1.54, 1.807) is 0 Å². The SMILES string of the molecule is CC1(C)CCCC(C)(C)[PH]1=O. The molecule has 1 heterocycles. The summed E-state index contributed by atoms with van der Waals surface area (Å²) in [6.07, 6.45) is 3.54. The van der Waals surface area contributed by atoms with E-state index in [9.17, 15) is 4.57 Å². The van der Waals surface area contributed by atoms with Gasteiger partial charge in [-0.1, -0.05) is 34.1 Å². The second-order valence-electron chi connectivity index (χ2n) is 4.95. The quantitative estimate of drug-likeness (QED) is 0.515. The van der Waals surface area contributed by atoms with E-state index >= 15 is 0 Å². The van der Waals surface area contributed by atoms with Gasteiger partial charge in [-0.2, -0.15) is 0 Å². The molecule has 1 nitrogen and oxygen atoms in total. The summed E-state index contributed by atoms with van der Waals surface area (Å²) in [5.74, 6) is 0. The van der Waals surface area contributed by atoms with Gasteiger partial charge in [-0.15, -0.1) is 0 Å². The molecule has 1 rings (SSSR count). The first-order chi connectivity index (χ1) is 4.86. The standard InChI is InChI=1S/C9H19OP/c1-8(2)6-5-7-9(3,4)11(8)10/h11H,5-7H2,1-4H3. The molecule has 1 fully saturated rings. The van der Waals surface area contributed by atoms with Gasteiger partial charge in [0.05, 0.1) is 7.80 Å². The molecule has 2 heteroatoms. The largest absolute Gasteiger partial charge is 0.326 e. The van der Waals surface area contributed by atoms with E-state index in [1.165, 1.54) is 6.42 Å². The molecule has 0 aromatic heterocycles. The molecule has 0 amide bonds. The van der Waals surface area contributed by atoms with Crippen LogP contribution in [0.1, 0.15) is 47.0 Å². The third-order valence-corrected chi connectivity index (χ3v) is 5.79. The smallest absolute Gasteiger partial charge is 0.0868 e. The molecule has 0 N–H and O–H groups in total. The lowest BCUT2D eigenvalue weighted by Gasteiger charge is -2.39. The van der Waals surface area contributed by atoms with Gasteiger partial charge in [0.2, 0.25) is 0 Å². The molecule has 0 aliphatic carbocycles. The Morgan fingerprint density at radius 1 is 1.00 bits per heavy atom. The van der Waals surface area contributed by atoms with Crippen molar-refractivity contribution in [3.05, 3.63) is 0 Å². The van der Waals surface area contributed by atoms with Crippen LogP contribution in [-0.2, 0) is 4.57 Å². The molecule has 1 aliphatic heterocycles. The fourth-order valence-corrected chi connectivity index (χ4v) is 4.76. The first-order valence-electron chi connectivity index (χ1n) is 4.41. The minimum Gasteiger partial charge on any atom is -0.326 e. The zero-order valence-corrected chi connectivity index (χ0v) is 9.03. The molecular weight excluding hydrogens is 155 g/mol. The fourth-order valence-electron chi connectivity index (χ4n) is 2.12. The van der Waals surface area contributed by atoms with Crippen LogP contribution in [0.5, 0.6) is 0 Å². The monoisotopic (exact) mass is 174 g/mol. The average Bonchev–Trinajstić information content (AvgIpc) is 1.82. The zero-order chi connectivity index (χ0) is 8.70. The van der Waals surface area contributed by atoms with E-state index in [0.29, 0.717) is 0 Å². The lowest BCUT2D eigenvalue weighted by molar-refractivity contribution is 0.429. The predicted molar refractivity (Wildman–Crippen MR) is 51.0 cm³/mol. The molecule has 0 saturated carbocycles. The summed E-state index contributed by atoms with van der Waals surface area (Å²) in [6.45, 7) is 8.59. The minimum absolute atomic E-state index is 0.117. The Bertz CT molecular complexity index is 164. The molecule has 1 aliphatic rings. The van der Waals surface area contributed by atoms with E-state index < -0.39 is 7.80 Å². The van der Waals surface area contributed by atoms with E-state index in [1.807, 2.05) is 0 Å². The summed E-state index contributed by atoms with van der Waals surface area (Å²) in [7, 11) is -1.40. The van der Waals surface area contributed by atoms with Crippen LogP contribution >= 0.6 is 7.80 Å². The van der Waals surface area contributed by atoms with Crippen LogP contribution in [0.3, 0.4) is 0 Å². The van der Waals surface area contributed by atoms with Gasteiger partial charge >= 0.3 is 0 Å². The van der Waals surface area contributed by atoms with Crippen molar-refractivity contribution >= 4 is 7.80 Å². The van der Waals surface area contributed by atoms with Crippen molar-refractivity contribution in [1.29, 1.82) is 0 Å². The van der Waals surface area contributed by atoms with E-state index in [0.717, 1.165) is 12.8 Å². The van der Waals surface area contributed by atoms with Crippen LogP contribution in [0.25, 0.3) is 0 Å². The Morgan fingerprint density at radius 2 is 1.36 bits per heavy atom. The maximum atomic E-state index is 12.0. The molecular formula is C9H19OP. The third kappa shape index (κ3) is 1.69. The first kappa shape index (κ1) is 9.32. The van der Waals surface area contributed by atoms with Crippen LogP contribution in [0.15, 0.2) is 0 Å². The lowest BCUT2D eigenvalue weighted by atomic mass is 9.98. The van der Waals surface area contributed by atoms with Gasteiger partial charge in [0.1, 0.15) is 0 Å². The van der Waals surface area contributed by atoms with Crippen molar-refractivity contribution in [3.8, 4) is 0 Å². The van der Waals surface area contributed by atoms with Crippen molar-refractivity contribution in [2.75, 3.05) is 0 Å². The molecule has 0 spiro atoms. The highest BCUT2D eigenvalue weighted by atomic mass is 31.1. The van der Waals surface area contributed by atoms with Crippen LogP contribution in [0.2, 0.25) is 0 Å².